The fourth-order valence-electron chi connectivity index (χ4n) is 2.70. The molecule has 2 heterocycles. The van der Waals surface area contributed by atoms with Gasteiger partial charge in [0.2, 0.25) is 0 Å². The SMILES string of the molecule is CC1CCN(c2c(Cl)cccc2-c2ccco2)CC1. The van der Waals surface area contributed by atoms with E-state index in [1.807, 2.05) is 24.3 Å². The molecule has 1 aromatic carbocycles. The van der Waals surface area contributed by atoms with Crippen LogP contribution in [0.1, 0.15) is 19.8 Å². The molecule has 100 valence electrons. The van der Waals surface area contributed by atoms with Crippen LogP contribution in [0.2, 0.25) is 5.02 Å². The molecular weight excluding hydrogens is 258 g/mol. The zero-order chi connectivity index (χ0) is 13.2. The summed E-state index contributed by atoms with van der Waals surface area (Å²) in [5.41, 5.74) is 2.21. The monoisotopic (exact) mass is 275 g/mol. The third-order valence-corrected chi connectivity index (χ3v) is 4.18. The van der Waals surface area contributed by atoms with Crippen molar-refractivity contribution < 1.29 is 4.42 Å². The van der Waals surface area contributed by atoms with Crippen molar-refractivity contribution in [3.8, 4) is 11.3 Å². The van der Waals surface area contributed by atoms with Gasteiger partial charge in [0.1, 0.15) is 5.76 Å². The van der Waals surface area contributed by atoms with Gasteiger partial charge < -0.3 is 9.32 Å². The van der Waals surface area contributed by atoms with E-state index >= 15 is 0 Å². The van der Waals surface area contributed by atoms with Gasteiger partial charge in [-0.1, -0.05) is 24.6 Å². The van der Waals surface area contributed by atoms with Crippen LogP contribution in [0.3, 0.4) is 0 Å². The molecule has 1 aliphatic heterocycles. The van der Waals surface area contributed by atoms with Gasteiger partial charge >= 0.3 is 0 Å². The van der Waals surface area contributed by atoms with Crippen molar-refractivity contribution in [3.05, 3.63) is 41.6 Å². The van der Waals surface area contributed by atoms with E-state index in [-0.39, 0.29) is 0 Å². The quantitative estimate of drug-likeness (QED) is 0.780. The van der Waals surface area contributed by atoms with E-state index in [1.165, 1.54) is 12.8 Å². The summed E-state index contributed by atoms with van der Waals surface area (Å²) in [6, 6.07) is 9.93. The van der Waals surface area contributed by atoms with Crippen molar-refractivity contribution in [2.45, 2.75) is 19.8 Å². The van der Waals surface area contributed by atoms with E-state index in [9.17, 15) is 0 Å². The summed E-state index contributed by atoms with van der Waals surface area (Å²) in [5, 5.41) is 0.809. The molecular formula is C16H18ClNO. The Hall–Kier alpha value is -1.41. The molecule has 0 bridgehead atoms. The lowest BCUT2D eigenvalue weighted by Gasteiger charge is -2.33. The van der Waals surface area contributed by atoms with Crippen molar-refractivity contribution in [3.63, 3.8) is 0 Å². The van der Waals surface area contributed by atoms with Crippen LogP contribution < -0.4 is 4.90 Å². The van der Waals surface area contributed by atoms with Gasteiger partial charge in [-0.05, 0) is 43.0 Å². The standard InChI is InChI=1S/C16H18ClNO/c1-12-7-9-18(10-8-12)16-13(4-2-5-14(16)17)15-6-3-11-19-15/h2-6,11-12H,7-10H2,1H3. The molecule has 0 amide bonds. The molecule has 0 radical (unpaired) electrons. The number of benzene rings is 1. The predicted molar refractivity (Wildman–Crippen MR) is 79.8 cm³/mol. The molecule has 19 heavy (non-hydrogen) atoms. The van der Waals surface area contributed by atoms with Gasteiger partial charge in [0, 0.05) is 18.7 Å². The van der Waals surface area contributed by atoms with Crippen LogP contribution in [0.15, 0.2) is 41.0 Å². The minimum absolute atomic E-state index is 0.809. The third kappa shape index (κ3) is 2.50. The lowest BCUT2D eigenvalue weighted by molar-refractivity contribution is 0.438. The van der Waals surface area contributed by atoms with Crippen molar-refractivity contribution in [1.82, 2.24) is 0 Å². The molecule has 1 aliphatic rings. The number of hydrogen-bond acceptors (Lipinski definition) is 2. The number of rotatable bonds is 2. The van der Waals surface area contributed by atoms with Crippen molar-refractivity contribution in [2.75, 3.05) is 18.0 Å². The second-order valence-electron chi connectivity index (χ2n) is 5.28. The highest BCUT2D eigenvalue weighted by Crippen LogP contribution is 2.38. The number of hydrogen-bond donors (Lipinski definition) is 0. The van der Waals surface area contributed by atoms with E-state index in [1.54, 1.807) is 6.26 Å². The summed E-state index contributed by atoms with van der Waals surface area (Å²) in [6.07, 6.45) is 4.16. The minimum Gasteiger partial charge on any atom is -0.464 e. The van der Waals surface area contributed by atoms with Crippen LogP contribution in [-0.4, -0.2) is 13.1 Å². The van der Waals surface area contributed by atoms with Gasteiger partial charge in [-0.25, -0.2) is 0 Å². The van der Waals surface area contributed by atoms with Gasteiger partial charge in [-0.15, -0.1) is 0 Å². The zero-order valence-electron chi connectivity index (χ0n) is 11.1. The first-order valence-electron chi connectivity index (χ1n) is 6.83. The Balaban J connectivity index is 2.00. The van der Waals surface area contributed by atoms with E-state index in [2.05, 4.69) is 17.9 Å². The number of anilines is 1. The topological polar surface area (TPSA) is 16.4 Å². The maximum atomic E-state index is 6.43. The van der Waals surface area contributed by atoms with E-state index in [0.29, 0.717) is 0 Å². The van der Waals surface area contributed by atoms with Gasteiger partial charge in [0.05, 0.1) is 17.0 Å². The smallest absolute Gasteiger partial charge is 0.135 e. The minimum atomic E-state index is 0.809. The Morgan fingerprint density at radius 3 is 2.63 bits per heavy atom. The highest BCUT2D eigenvalue weighted by molar-refractivity contribution is 6.34. The van der Waals surface area contributed by atoms with Crippen LogP contribution in [0.25, 0.3) is 11.3 Å². The van der Waals surface area contributed by atoms with Crippen molar-refractivity contribution in [1.29, 1.82) is 0 Å². The number of piperidine rings is 1. The highest BCUT2D eigenvalue weighted by Gasteiger charge is 2.21. The average molecular weight is 276 g/mol. The Kier molecular flexibility index (Phi) is 3.52. The van der Waals surface area contributed by atoms with E-state index < -0.39 is 0 Å². The molecule has 0 unspecified atom stereocenters. The molecule has 3 rings (SSSR count). The highest BCUT2D eigenvalue weighted by atomic mass is 35.5. The maximum Gasteiger partial charge on any atom is 0.135 e. The first-order valence-corrected chi connectivity index (χ1v) is 7.21. The number of nitrogens with zero attached hydrogens (tertiary/aromatic N) is 1. The molecule has 0 atom stereocenters. The summed E-state index contributed by atoms with van der Waals surface area (Å²) in [5.74, 6) is 1.70. The molecule has 1 aromatic heterocycles. The van der Waals surface area contributed by atoms with E-state index in [4.69, 9.17) is 16.0 Å². The molecule has 0 saturated carbocycles. The first kappa shape index (κ1) is 12.6. The van der Waals surface area contributed by atoms with Crippen LogP contribution >= 0.6 is 11.6 Å². The zero-order valence-corrected chi connectivity index (χ0v) is 11.9. The van der Waals surface area contributed by atoms with Crippen molar-refractivity contribution in [2.24, 2.45) is 5.92 Å². The molecule has 0 N–H and O–H groups in total. The molecule has 2 aromatic rings. The summed E-state index contributed by atoms with van der Waals surface area (Å²) in [4.78, 5) is 2.39. The molecule has 2 nitrogen and oxygen atoms in total. The van der Waals surface area contributed by atoms with Gasteiger partial charge in [-0.3, -0.25) is 0 Å². The van der Waals surface area contributed by atoms with E-state index in [0.717, 1.165) is 41.0 Å². The normalized spacial score (nSPS) is 16.8. The largest absolute Gasteiger partial charge is 0.464 e. The average Bonchev–Trinajstić information content (AvgIpc) is 2.94. The fourth-order valence-corrected chi connectivity index (χ4v) is 2.99. The molecule has 1 fully saturated rings. The second kappa shape index (κ2) is 5.30. The first-order chi connectivity index (χ1) is 9.25. The number of para-hydroxylation sites is 1. The van der Waals surface area contributed by atoms with Crippen LogP contribution in [0.5, 0.6) is 0 Å². The van der Waals surface area contributed by atoms with Crippen LogP contribution in [0, 0.1) is 5.92 Å². The number of halogens is 1. The van der Waals surface area contributed by atoms with Crippen molar-refractivity contribution >= 4 is 17.3 Å². The van der Waals surface area contributed by atoms with Gasteiger partial charge in [-0.2, -0.15) is 0 Å². The Morgan fingerprint density at radius 1 is 1.16 bits per heavy atom. The Labute approximate surface area is 119 Å². The summed E-state index contributed by atoms with van der Waals surface area (Å²) < 4.78 is 5.54. The number of furan rings is 1. The molecule has 1 saturated heterocycles. The summed E-state index contributed by atoms with van der Waals surface area (Å²) in [7, 11) is 0. The molecule has 3 heteroatoms. The second-order valence-corrected chi connectivity index (χ2v) is 5.69. The van der Waals surface area contributed by atoms with Crippen LogP contribution in [-0.2, 0) is 0 Å². The Morgan fingerprint density at radius 2 is 1.95 bits per heavy atom. The molecule has 0 spiro atoms. The fraction of sp³-hybridized carbons (Fsp3) is 0.375. The maximum absolute atomic E-state index is 6.43. The summed E-state index contributed by atoms with van der Waals surface area (Å²) in [6.45, 7) is 4.45. The molecule has 0 aliphatic carbocycles. The lowest BCUT2D eigenvalue weighted by atomic mass is 9.97. The summed E-state index contributed by atoms with van der Waals surface area (Å²) >= 11 is 6.43. The lowest BCUT2D eigenvalue weighted by Crippen LogP contribution is -2.33. The van der Waals surface area contributed by atoms with Gasteiger partial charge in [0.15, 0.2) is 0 Å². The third-order valence-electron chi connectivity index (χ3n) is 3.87. The van der Waals surface area contributed by atoms with Crippen LogP contribution in [0.4, 0.5) is 5.69 Å². The predicted octanol–water partition coefficient (Wildman–Crippen LogP) is 4.84. The van der Waals surface area contributed by atoms with Gasteiger partial charge in [0.25, 0.3) is 0 Å². The Bertz CT molecular complexity index is 542.